The number of allylic oxidation sites excluding steroid dienone is 1. The standard InChI is InChI=1S/C37H39N3O3S/c1-35-19-24-21-38-40(26-9-4-3-5-10-26)30(24)18-25(35)13-14-27-28-16-17-37(43,36(28,2)20-31(41)34(27)35)32(42)22-44-33-15-12-23-8-6-7-11-29(23)39-33/h3-12,15,18,21,27-28,31,34,41,43H,13-14,16-17,19-20,22H2,1-2H3/t27?,28?,31-,34?,35?,36?,37-/m0/s1. The molecule has 5 unspecified atom stereocenters. The molecule has 0 aliphatic heterocycles. The monoisotopic (exact) mass is 605 g/mol. The van der Waals surface area contributed by atoms with E-state index in [0.29, 0.717) is 12.8 Å². The van der Waals surface area contributed by atoms with Gasteiger partial charge in [0, 0.05) is 10.8 Å². The molecule has 6 nitrogen and oxygen atoms in total. The summed E-state index contributed by atoms with van der Waals surface area (Å²) in [6, 6.07) is 22.2. The molecule has 4 aliphatic carbocycles. The van der Waals surface area contributed by atoms with Crippen molar-refractivity contribution in [3.8, 4) is 5.69 Å². The van der Waals surface area contributed by atoms with Crippen LogP contribution in [0.25, 0.3) is 22.7 Å². The maximum absolute atomic E-state index is 13.9. The van der Waals surface area contributed by atoms with E-state index in [-0.39, 0.29) is 34.7 Å². The second kappa shape index (κ2) is 10.1. The summed E-state index contributed by atoms with van der Waals surface area (Å²) in [5.41, 5.74) is 3.45. The fourth-order valence-electron chi connectivity index (χ4n) is 9.81. The van der Waals surface area contributed by atoms with Crippen LogP contribution in [0.4, 0.5) is 0 Å². The number of para-hydroxylation sites is 2. The molecule has 0 bridgehead atoms. The Morgan fingerprint density at radius 1 is 1.05 bits per heavy atom. The second-order valence-electron chi connectivity index (χ2n) is 14.0. The number of aromatic nitrogens is 3. The number of rotatable bonds is 5. The van der Waals surface area contributed by atoms with E-state index in [9.17, 15) is 15.0 Å². The molecule has 2 aromatic heterocycles. The first-order valence-corrected chi connectivity index (χ1v) is 17.0. The van der Waals surface area contributed by atoms with Gasteiger partial charge in [0.2, 0.25) is 0 Å². The molecule has 0 spiro atoms. The molecule has 2 heterocycles. The summed E-state index contributed by atoms with van der Waals surface area (Å²) in [6.45, 7) is 4.42. The number of benzene rings is 2. The summed E-state index contributed by atoms with van der Waals surface area (Å²) in [6.07, 6.45) is 8.25. The Balaban J connectivity index is 1.04. The Morgan fingerprint density at radius 2 is 1.84 bits per heavy atom. The van der Waals surface area contributed by atoms with Gasteiger partial charge in [0.15, 0.2) is 5.78 Å². The van der Waals surface area contributed by atoms with Crippen molar-refractivity contribution >= 4 is 34.5 Å². The Hall–Kier alpha value is -3.26. The molecule has 2 N–H and O–H groups in total. The zero-order valence-corrected chi connectivity index (χ0v) is 26.1. The van der Waals surface area contributed by atoms with E-state index in [1.807, 2.05) is 65.5 Å². The molecule has 7 heteroatoms. The third kappa shape index (κ3) is 4.05. The van der Waals surface area contributed by atoms with Crippen LogP contribution in [0.3, 0.4) is 0 Å². The number of nitrogens with zero attached hydrogens (tertiary/aromatic N) is 3. The Morgan fingerprint density at radius 3 is 2.68 bits per heavy atom. The maximum Gasteiger partial charge on any atom is 0.175 e. The number of thioether (sulfide) groups is 1. The van der Waals surface area contributed by atoms with Crippen LogP contribution in [0.15, 0.2) is 83.5 Å². The minimum atomic E-state index is -1.44. The first-order chi connectivity index (χ1) is 21.2. The zero-order valence-electron chi connectivity index (χ0n) is 25.3. The lowest BCUT2D eigenvalue weighted by Crippen LogP contribution is -2.62. The predicted octanol–water partition coefficient (Wildman–Crippen LogP) is 6.67. The van der Waals surface area contributed by atoms with E-state index in [1.54, 1.807) is 0 Å². The number of carbonyl (C=O) groups excluding carboxylic acids is 1. The van der Waals surface area contributed by atoms with E-state index >= 15 is 0 Å². The molecule has 4 aromatic rings. The van der Waals surface area contributed by atoms with Gasteiger partial charge in [-0.2, -0.15) is 5.10 Å². The average molecular weight is 606 g/mol. The van der Waals surface area contributed by atoms with E-state index in [4.69, 9.17) is 10.1 Å². The van der Waals surface area contributed by atoms with E-state index in [2.05, 4.69) is 32.1 Å². The summed E-state index contributed by atoms with van der Waals surface area (Å²) < 4.78 is 2.04. The number of hydrogen-bond donors (Lipinski definition) is 2. The van der Waals surface area contributed by atoms with Crippen molar-refractivity contribution in [1.82, 2.24) is 14.8 Å². The highest BCUT2D eigenvalue weighted by Gasteiger charge is 2.68. The van der Waals surface area contributed by atoms with Crippen LogP contribution in [0.5, 0.6) is 0 Å². The fourth-order valence-corrected chi connectivity index (χ4v) is 10.7. The second-order valence-corrected chi connectivity index (χ2v) is 15.0. The number of hydrogen-bond acceptors (Lipinski definition) is 6. The average Bonchev–Trinajstić information content (AvgIpc) is 3.55. The molecule has 0 amide bonds. The number of carbonyl (C=O) groups is 1. The normalized spacial score (nSPS) is 34.0. The lowest BCUT2D eigenvalue weighted by Gasteiger charge is -2.60. The van der Waals surface area contributed by atoms with Gasteiger partial charge in [0.1, 0.15) is 5.60 Å². The molecule has 8 rings (SSSR count). The van der Waals surface area contributed by atoms with Gasteiger partial charge in [-0.25, -0.2) is 9.67 Å². The zero-order chi connectivity index (χ0) is 30.3. The molecule has 0 saturated heterocycles. The maximum atomic E-state index is 13.9. The number of aliphatic hydroxyl groups excluding tert-OH is 1. The van der Waals surface area contributed by atoms with E-state index < -0.39 is 17.1 Å². The molecule has 226 valence electrons. The Labute approximate surface area is 262 Å². The molecule has 3 saturated carbocycles. The van der Waals surface area contributed by atoms with Crippen molar-refractivity contribution in [2.45, 2.75) is 69.1 Å². The van der Waals surface area contributed by atoms with Crippen molar-refractivity contribution < 1.29 is 15.0 Å². The van der Waals surface area contributed by atoms with Crippen molar-refractivity contribution in [1.29, 1.82) is 0 Å². The summed E-state index contributed by atoms with van der Waals surface area (Å²) in [5, 5.41) is 30.8. The third-order valence-electron chi connectivity index (χ3n) is 12.0. The number of aliphatic hydroxyl groups is 2. The minimum Gasteiger partial charge on any atom is -0.393 e. The molecule has 44 heavy (non-hydrogen) atoms. The molecule has 3 fully saturated rings. The molecule has 7 atom stereocenters. The predicted molar refractivity (Wildman–Crippen MR) is 173 cm³/mol. The Bertz CT molecular complexity index is 1800. The van der Waals surface area contributed by atoms with Gasteiger partial charge >= 0.3 is 0 Å². The van der Waals surface area contributed by atoms with Gasteiger partial charge in [-0.15, -0.1) is 0 Å². The van der Waals surface area contributed by atoms with Crippen LogP contribution in [0, 0.1) is 28.6 Å². The number of pyridine rings is 1. The smallest absolute Gasteiger partial charge is 0.175 e. The molecular formula is C37H39N3O3S. The van der Waals surface area contributed by atoms with Crippen LogP contribution >= 0.6 is 11.8 Å². The highest BCUT2D eigenvalue weighted by molar-refractivity contribution is 7.99. The topological polar surface area (TPSA) is 88.2 Å². The lowest BCUT2D eigenvalue weighted by molar-refractivity contribution is -0.177. The van der Waals surface area contributed by atoms with Crippen molar-refractivity contribution in [3.63, 3.8) is 0 Å². The molecule has 4 aliphatic rings. The van der Waals surface area contributed by atoms with Crippen molar-refractivity contribution in [2.75, 3.05) is 5.75 Å². The Kier molecular flexibility index (Phi) is 6.50. The highest BCUT2D eigenvalue weighted by atomic mass is 32.2. The number of ketones is 1. The van der Waals surface area contributed by atoms with Gasteiger partial charge < -0.3 is 10.2 Å². The molecule has 0 radical (unpaired) electrons. The summed E-state index contributed by atoms with van der Waals surface area (Å²) in [5.74, 6) is 0.579. The third-order valence-corrected chi connectivity index (χ3v) is 12.9. The molecule has 2 aromatic carbocycles. The number of Topliss-reactive ketones (excluding diaryl/α,β-unsaturated/α-hetero) is 1. The molecular weight excluding hydrogens is 566 g/mol. The van der Waals surface area contributed by atoms with E-state index in [0.717, 1.165) is 53.0 Å². The largest absolute Gasteiger partial charge is 0.393 e. The summed E-state index contributed by atoms with van der Waals surface area (Å²) in [7, 11) is 0. The van der Waals surface area contributed by atoms with Gasteiger partial charge in [0.05, 0.1) is 40.0 Å². The van der Waals surface area contributed by atoms with Gasteiger partial charge in [-0.1, -0.05) is 73.6 Å². The van der Waals surface area contributed by atoms with Crippen LogP contribution in [-0.2, 0) is 11.2 Å². The summed E-state index contributed by atoms with van der Waals surface area (Å²) in [4.78, 5) is 18.6. The first kappa shape index (κ1) is 28.2. The SMILES string of the molecule is CC12Cc3cnn(-c4ccccc4)c3C=C1CCC1C2[C@@H](O)CC2(C)C1CC[C@]2(O)C(=O)CSc1ccc2ccccc2n1. The van der Waals surface area contributed by atoms with Crippen LogP contribution in [-0.4, -0.2) is 48.2 Å². The lowest BCUT2D eigenvalue weighted by atomic mass is 9.45. The van der Waals surface area contributed by atoms with Crippen LogP contribution in [0.2, 0.25) is 0 Å². The fraction of sp³-hybridized carbons (Fsp3) is 0.432. The first-order valence-electron chi connectivity index (χ1n) is 16.0. The van der Waals surface area contributed by atoms with Crippen molar-refractivity contribution in [3.05, 3.63) is 89.8 Å². The van der Waals surface area contributed by atoms with Crippen LogP contribution in [0.1, 0.15) is 57.2 Å². The van der Waals surface area contributed by atoms with E-state index in [1.165, 1.54) is 22.9 Å². The number of fused-ring (bicyclic) bond motifs is 7. The quantitative estimate of drug-likeness (QED) is 0.247. The van der Waals surface area contributed by atoms with Gasteiger partial charge in [0.25, 0.3) is 0 Å². The van der Waals surface area contributed by atoms with Gasteiger partial charge in [-0.05, 0) is 97.6 Å². The van der Waals surface area contributed by atoms with Crippen LogP contribution < -0.4 is 0 Å². The van der Waals surface area contributed by atoms with Gasteiger partial charge in [-0.3, -0.25) is 4.79 Å². The highest BCUT2D eigenvalue weighted by Crippen LogP contribution is 2.67. The van der Waals surface area contributed by atoms with Crippen molar-refractivity contribution in [2.24, 2.45) is 28.6 Å². The summed E-state index contributed by atoms with van der Waals surface area (Å²) >= 11 is 1.40. The minimum absolute atomic E-state index is 0.0856.